The van der Waals surface area contributed by atoms with E-state index >= 15 is 0 Å². The molecule has 13 heavy (non-hydrogen) atoms. The van der Waals surface area contributed by atoms with Crippen molar-refractivity contribution in [1.29, 1.82) is 0 Å². The predicted octanol–water partition coefficient (Wildman–Crippen LogP) is 4.14. The fourth-order valence-electron chi connectivity index (χ4n) is 1.12. The SMILES string of the molecule is CC(C)(C)[PH](=O)C(C)(C)C.[Cl][Mg][Cl]. The van der Waals surface area contributed by atoms with Gasteiger partial charge < -0.3 is 22.7 Å². The zero-order valence-corrected chi connectivity index (χ0v) is 13.3. The van der Waals surface area contributed by atoms with E-state index in [1.807, 2.05) is 41.5 Å². The van der Waals surface area contributed by atoms with Crippen molar-refractivity contribution in [3.8, 4) is 0 Å². The van der Waals surface area contributed by atoms with Crippen LogP contribution in [0.5, 0.6) is 0 Å². The quantitative estimate of drug-likeness (QED) is 0.471. The Labute approximate surface area is 100 Å². The number of rotatable bonds is 0. The van der Waals surface area contributed by atoms with Crippen LogP contribution in [0.1, 0.15) is 41.5 Å². The first kappa shape index (κ1) is 17.0. The number of hydrogen-bond donors (Lipinski definition) is 0. The topological polar surface area (TPSA) is 17.1 Å². The molecule has 78 valence electrons. The molecule has 0 rings (SSSR count). The van der Waals surface area contributed by atoms with Gasteiger partial charge in [0.2, 0.25) is 0 Å². The van der Waals surface area contributed by atoms with Crippen LogP contribution in [-0.4, -0.2) is 28.5 Å². The average molecular weight is 257 g/mol. The van der Waals surface area contributed by atoms with E-state index in [0.717, 1.165) is 0 Å². The van der Waals surface area contributed by atoms with E-state index in [1.165, 1.54) is 0 Å². The summed E-state index contributed by atoms with van der Waals surface area (Å²) < 4.78 is 11.7. The van der Waals surface area contributed by atoms with Crippen molar-refractivity contribution in [2.24, 2.45) is 0 Å². The van der Waals surface area contributed by atoms with Crippen LogP contribution in [0.4, 0.5) is 0 Å². The van der Waals surface area contributed by atoms with Crippen molar-refractivity contribution in [3.63, 3.8) is 0 Å². The van der Waals surface area contributed by atoms with E-state index in [-0.39, 0.29) is 10.3 Å². The molecule has 0 aromatic carbocycles. The van der Waals surface area contributed by atoms with Crippen LogP contribution in [0, 0.1) is 0 Å². The molecule has 0 N–H and O–H groups in total. The molecule has 0 spiro atoms. The van der Waals surface area contributed by atoms with Gasteiger partial charge in [0.1, 0.15) is 0 Å². The highest BCUT2D eigenvalue weighted by Crippen LogP contribution is 2.49. The van der Waals surface area contributed by atoms with Crippen LogP contribution in [0.2, 0.25) is 0 Å². The van der Waals surface area contributed by atoms with E-state index < -0.39 is 26.0 Å². The summed E-state index contributed by atoms with van der Waals surface area (Å²) >= 11 is -0.639. The molecule has 0 unspecified atom stereocenters. The standard InChI is InChI=1S/C8H19OP.2ClH.Mg/c1-7(2,3)10(9)8(4,5)6;;;/h10H,1-6H3;2*1H;/q;;;+2/p-2. The van der Waals surface area contributed by atoms with Crippen molar-refractivity contribution < 1.29 is 4.57 Å². The van der Waals surface area contributed by atoms with Crippen molar-refractivity contribution in [2.45, 2.75) is 51.9 Å². The van der Waals surface area contributed by atoms with Crippen LogP contribution in [0.15, 0.2) is 0 Å². The van der Waals surface area contributed by atoms with E-state index in [0.29, 0.717) is 0 Å². The number of hydrogen-bond acceptors (Lipinski definition) is 1. The van der Waals surface area contributed by atoms with Crippen molar-refractivity contribution >= 4 is 44.1 Å². The highest BCUT2D eigenvalue weighted by atomic mass is 35.6. The maximum absolute atomic E-state index is 11.7. The molecule has 0 amide bonds. The van der Waals surface area contributed by atoms with Crippen molar-refractivity contribution in [2.75, 3.05) is 0 Å². The second-order valence-electron chi connectivity index (χ2n) is 4.93. The van der Waals surface area contributed by atoms with E-state index in [4.69, 9.17) is 18.1 Å². The lowest BCUT2D eigenvalue weighted by atomic mass is 10.2. The Morgan fingerprint density at radius 3 is 1.08 bits per heavy atom. The molecule has 0 aromatic heterocycles. The molecular weight excluding hydrogens is 238 g/mol. The molecule has 0 heterocycles. The molecule has 1 nitrogen and oxygen atoms in total. The first-order chi connectivity index (χ1) is 5.57. The lowest BCUT2D eigenvalue weighted by Crippen LogP contribution is -2.20. The Morgan fingerprint density at radius 1 is 0.923 bits per heavy atom. The lowest BCUT2D eigenvalue weighted by molar-refractivity contribution is 0.538. The van der Waals surface area contributed by atoms with Gasteiger partial charge in [-0.1, -0.05) is 41.5 Å². The van der Waals surface area contributed by atoms with Crippen LogP contribution in [0.3, 0.4) is 0 Å². The van der Waals surface area contributed by atoms with Gasteiger partial charge in [-0.05, 0) is 0 Å². The zero-order chi connectivity index (χ0) is 11.3. The minimum absolute atomic E-state index is 0.0110. The first-order valence-electron chi connectivity index (χ1n) is 4.24. The van der Waals surface area contributed by atoms with Crippen LogP contribution >= 0.6 is 25.9 Å². The molecule has 0 radical (unpaired) electrons. The molecule has 0 aromatic rings. The molecule has 0 saturated heterocycles. The van der Waals surface area contributed by atoms with E-state index in [9.17, 15) is 4.57 Å². The minimum atomic E-state index is -1.47. The van der Waals surface area contributed by atoms with Gasteiger partial charge >= 0.3 is 18.2 Å². The molecule has 0 aliphatic rings. The Hall–Kier alpha value is 1.58. The molecule has 0 aliphatic carbocycles. The van der Waals surface area contributed by atoms with Crippen molar-refractivity contribution in [3.05, 3.63) is 0 Å². The normalized spacial score (nSPS) is 11.8. The highest BCUT2D eigenvalue weighted by molar-refractivity contribution is 7.48. The third-order valence-electron chi connectivity index (χ3n) is 1.36. The molecular formula is C8H19Cl2MgOP. The molecule has 0 saturated carbocycles. The van der Waals surface area contributed by atoms with E-state index in [1.54, 1.807) is 0 Å². The smallest absolute Gasteiger partial charge is 0.326 e. The van der Waals surface area contributed by atoms with E-state index in [2.05, 4.69) is 0 Å². The van der Waals surface area contributed by atoms with Gasteiger partial charge in [0.15, 0.2) is 0 Å². The van der Waals surface area contributed by atoms with Gasteiger partial charge in [-0.2, -0.15) is 0 Å². The second-order valence-corrected chi connectivity index (χ2v) is 11.2. The fraction of sp³-hybridized carbons (Fsp3) is 1.00. The molecule has 0 atom stereocenters. The van der Waals surface area contributed by atoms with Crippen LogP contribution in [-0.2, 0) is 4.57 Å². The average Bonchev–Trinajstić information content (AvgIpc) is 1.84. The van der Waals surface area contributed by atoms with Gasteiger partial charge in [0.05, 0.1) is 7.80 Å². The molecule has 0 fully saturated rings. The lowest BCUT2D eigenvalue weighted by Gasteiger charge is -2.28. The fourth-order valence-corrected chi connectivity index (χ4v) is 3.38. The molecule has 5 heteroatoms. The highest BCUT2D eigenvalue weighted by Gasteiger charge is 2.29. The Kier molecular flexibility index (Phi) is 9.08. The zero-order valence-electron chi connectivity index (χ0n) is 9.37. The summed E-state index contributed by atoms with van der Waals surface area (Å²) in [6, 6.07) is 0. The first-order valence-corrected chi connectivity index (χ1v) is 9.92. The number of halogens is 2. The molecule has 0 bridgehead atoms. The summed E-state index contributed by atoms with van der Waals surface area (Å²) in [4.78, 5) is 0. The predicted molar refractivity (Wildman–Crippen MR) is 66.0 cm³/mol. The Balaban J connectivity index is 0. The Bertz CT molecular complexity index is 145. The van der Waals surface area contributed by atoms with Gasteiger partial charge in [0, 0.05) is 10.3 Å². The van der Waals surface area contributed by atoms with Gasteiger partial charge in [0.25, 0.3) is 0 Å². The van der Waals surface area contributed by atoms with Crippen LogP contribution in [0.25, 0.3) is 0 Å². The van der Waals surface area contributed by atoms with Gasteiger partial charge in [-0.15, -0.1) is 0 Å². The minimum Gasteiger partial charge on any atom is -0.326 e. The summed E-state index contributed by atoms with van der Waals surface area (Å²) in [5.41, 5.74) is 0. The monoisotopic (exact) mass is 256 g/mol. The maximum Gasteiger partial charge on any atom is 0.618 e. The summed E-state index contributed by atoms with van der Waals surface area (Å²) in [5.74, 6) is 0. The summed E-state index contributed by atoms with van der Waals surface area (Å²) in [7, 11) is 8.33. The molecule has 0 aliphatic heterocycles. The maximum atomic E-state index is 11.7. The van der Waals surface area contributed by atoms with Gasteiger partial charge in [-0.25, -0.2) is 0 Å². The summed E-state index contributed by atoms with van der Waals surface area (Å²) in [6.45, 7) is 12.2. The summed E-state index contributed by atoms with van der Waals surface area (Å²) in [5, 5.41) is -0.0220. The van der Waals surface area contributed by atoms with Gasteiger partial charge in [-0.3, -0.25) is 0 Å². The third-order valence-corrected chi connectivity index (χ3v) is 4.09. The second kappa shape index (κ2) is 6.95. The van der Waals surface area contributed by atoms with Crippen molar-refractivity contribution in [1.82, 2.24) is 0 Å². The largest absolute Gasteiger partial charge is 0.618 e. The Morgan fingerprint density at radius 2 is 1.08 bits per heavy atom. The van der Waals surface area contributed by atoms with Crippen LogP contribution < -0.4 is 0 Å². The third kappa shape index (κ3) is 9.87. The summed E-state index contributed by atoms with van der Waals surface area (Å²) in [6.07, 6.45) is 0.